The van der Waals surface area contributed by atoms with Crippen molar-refractivity contribution in [1.29, 1.82) is 0 Å². The van der Waals surface area contributed by atoms with Gasteiger partial charge in [0.2, 0.25) is 0 Å². The van der Waals surface area contributed by atoms with E-state index in [1.807, 2.05) is 6.07 Å². The van der Waals surface area contributed by atoms with Gasteiger partial charge in [-0.25, -0.2) is 0 Å². The molecule has 1 aromatic carbocycles. The van der Waals surface area contributed by atoms with Crippen molar-refractivity contribution in [3.8, 4) is 0 Å². The van der Waals surface area contributed by atoms with Crippen LogP contribution in [0.25, 0.3) is 0 Å². The van der Waals surface area contributed by atoms with Crippen LogP contribution in [0.2, 0.25) is 5.02 Å². The van der Waals surface area contributed by atoms with Crippen molar-refractivity contribution >= 4 is 29.2 Å². The number of unbranched alkanes of at least 4 members (excludes halogenated alkanes) is 2. The van der Waals surface area contributed by atoms with Gasteiger partial charge in [0.25, 0.3) is 0 Å². The summed E-state index contributed by atoms with van der Waals surface area (Å²) in [7, 11) is 0. The summed E-state index contributed by atoms with van der Waals surface area (Å²) in [5.74, 6) is 1.14. The zero-order valence-corrected chi connectivity index (χ0v) is 11.4. The van der Waals surface area contributed by atoms with Gasteiger partial charge in [-0.2, -0.15) is 0 Å². The molecule has 1 rings (SSSR count). The van der Waals surface area contributed by atoms with Gasteiger partial charge in [-0.3, -0.25) is 0 Å². The van der Waals surface area contributed by atoms with Gasteiger partial charge in [-0.05, 0) is 30.4 Å². The predicted octanol–water partition coefficient (Wildman–Crippen LogP) is 3.72. The number of thioether (sulfide) groups is 1. The number of benzene rings is 1. The highest BCUT2D eigenvalue weighted by Crippen LogP contribution is 2.27. The Morgan fingerprint density at radius 3 is 2.88 bits per heavy atom. The van der Waals surface area contributed by atoms with Crippen molar-refractivity contribution in [1.82, 2.24) is 0 Å². The minimum absolute atomic E-state index is 0.125. The molecule has 94 valence electrons. The zero-order chi connectivity index (χ0) is 12.7. The van der Waals surface area contributed by atoms with Crippen molar-refractivity contribution in [2.75, 3.05) is 5.75 Å². The smallest absolute Gasteiger partial charge is 0.171 e. The molecule has 17 heavy (non-hydrogen) atoms. The average Bonchev–Trinajstić information content (AvgIpc) is 2.34. The SMILES string of the molecule is CCCCCSc1cc(Cl)ccc1/C(N)=N/O. The molecule has 0 bridgehead atoms. The van der Waals surface area contributed by atoms with Crippen LogP contribution in [-0.4, -0.2) is 16.8 Å². The first-order valence-electron chi connectivity index (χ1n) is 5.59. The summed E-state index contributed by atoms with van der Waals surface area (Å²) in [5, 5.41) is 12.4. The number of nitrogens with two attached hydrogens (primary N) is 1. The molecule has 0 fully saturated rings. The molecule has 0 aliphatic heterocycles. The molecule has 0 unspecified atom stereocenters. The highest BCUT2D eigenvalue weighted by molar-refractivity contribution is 7.99. The van der Waals surface area contributed by atoms with Crippen LogP contribution >= 0.6 is 23.4 Å². The Hall–Kier alpha value is -0.870. The standard InChI is InChI=1S/C12H17ClN2OS/c1-2-3-4-7-17-11-8-9(13)5-6-10(11)12(14)15-16/h5-6,8,16H,2-4,7H2,1H3,(H2,14,15). The fraction of sp³-hybridized carbons (Fsp3) is 0.417. The van der Waals surface area contributed by atoms with Crippen LogP contribution < -0.4 is 5.73 Å². The summed E-state index contributed by atoms with van der Waals surface area (Å²) in [6.45, 7) is 2.17. The second kappa shape index (κ2) is 7.45. The van der Waals surface area contributed by atoms with Gasteiger partial charge in [-0.15, -0.1) is 11.8 Å². The number of hydrogen-bond acceptors (Lipinski definition) is 3. The van der Waals surface area contributed by atoms with Crippen molar-refractivity contribution in [2.24, 2.45) is 10.9 Å². The highest BCUT2D eigenvalue weighted by atomic mass is 35.5. The number of nitrogens with zero attached hydrogens (tertiary/aromatic N) is 1. The summed E-state index contributed by atoms with van der Waals surface area (Å²) < 4.78 is 0. The lowest BCUT2D eigenvalue weighted by Gasteiger charge is -2.08. The van der Waals surface area contributed by atoms with Crippen molar-refractivity contribution in [3.63, 3.8) is 0 Å². The third-order valence-corrected chi connectivity index (χ3v) is 3.71. The topological polar surface area (TPSA) is 58.6 Å². The Balaban J connectivity index is 2.77. The van der Waals surface area contributed by atoms with Gasteiger partial charge in [0.15, 0.2) is 5.84 Å². The van der Waals surface area contributed by atoms with Gasteiger partial charge < -0.3 is 10.9 Å². The van der Waals surface area contributed by atoms with Crippen LogP contribution in [0.4, 0.5) is 0 Å². The van der Waals surface area contributed by atoms with Crippen LogP contribution in [0.1, 0.15) is 31.7 Å². The molecule has 5 heteroatoms. The summed E-state index contributed by atoms with van der Waals surface area (Å²) in [6, 6.07) is 5.37. The average molecular weight is 273 g/mol. The fourth-order valence-electron chi connectivity index (χ4n) is 1.42. The van der Waals surface area contributed by atoms with Crippen molar-refractivity contribution < 1.29 is 5.21 Å². The van der Waals surface area contributed by atoms with E-state index in [0.717, 1.165) is 22.6 Å². The number of rotatable bonds is 6. The second-order valence-electron chi connectivity index (χ2n) is 3.68. The van der Waals surface area contributed by atoms with E-state index in [9.17, 15) is 0 Å². The first kappa shape index (κ1) is 14.2. The fourth-order valence-corrected chi connectivity index (χ4v) is 2.76. The van der Waals surface area contributed by atoms with Gasteiger partial charge in [0.05, 0.1) is 0 Å². The molecule has 0 aromatic heterocycles. The minimum atomic E-state index is 0.125. The van der Waals surface area contributed by atoms with E-state index < -0.39 is 0 Å². The first-order chi connectivity index (χ1) is 8.19. The van der Waals surface area contributed by atoms with Crippen LogP contribution in [0.15, 0.2) is 28.3 Å². The van der Waals surface area contributed by atoms with Crippen molar-refractivity contribution in [3.05, 3.63) is 28.8 Å². The molecule has 0 aliphatic rings. The Bertz CT molecular complexity index is 396. The summed E-state index contributed by atoms with van der Waals surface area (Å²) in [4.78, 5) is 0.962. The summed E-state index contributed by atoms with van der Waals surface area (Å²) in [6.07, 6.45) is 3.57. The Kier molecular flexibility index (Phi) is 6.22. The molecule has 0 aliphatic carbocycles. The lowest BCUT2D eigenvalue weighted by Crippen LogP contribution is -2.14. The van der Waals surface area contributed by atoms with E-state index in [2.05, 4.69) is 12.1 Å². The zero-order valence-electron chi connectivity index (χ0n) is 9.82. The second-order valence-corrected chi connectivity index (χ2v) is 5.25. The van der Waals surface area contributed by atoms with Gasteiger partial charge in [0, 0.05) is 15.5 Å². The number of oxime groups is 1. The maximum Gasteiger partial charge on any atom is 0.171 e. The molecule has 1 aromatic rings. The quantitative estimate of drug-likeness (QED) is 0.207. The third kappa shape index (κ3) is 4.48. The van der Waals surface area contributed by atoms with E-state index in [1.54, 1.807) is 23.9 Å². The predicted molar refractivity (Wildman–Crippen MR) is 74.2 cm³/mol. The van der Waals surface area contributed by atoms with E-state index in [0.29, 0.717) is 5.02 Å². The molecular formula is C12H17ClN2OS. The molecule has 0 atom stereocenters. The minimum Gasteiger partial charge on any atom is -0.409 e. The number of halogens is 1. The Morgan fingerprint density at radius 1 is 1.47 bits per heavy atom. The number of hydrogen-bond donors (Lipinski definition) is 2. The molecule has 0 saturated heterocycles. The van der Waals surface area contributed by atoms with Crippen LogP contribution in [0.5, 0.6) is 0 Å². The molecule has 0 amide bonds. The third-order valence-electron chi connectivity index (χ3n) is 2.33. The molecule has 0 heterocycles. The summed E-state index contributed by atoms with van der Waals surface area (Å²) in [5.41, 5.74) is 6.35. The largest absolute Gasteiger partial charge is 0.409 e. The number of amidine groups is 1. The van der Waals surface area contributed by atoms with E-state index in [4.69, 9.17) is 22.5 Å². The molecule has 0 radical (unpaired) electrons. The maximum absolute atomic E-state index is 8.71. The molecule has 0 saturated carbocycles. The highest BCUT2D eigenvalue weighted by Gasteiger charge is 2.08. The summed E-state index contributed by atoms with van der Waals surface area (Å²) >= 11 is 7.64. The first-order valence-corrected chi connectivity index (χ1v) is 6.95. The molecule has 0 spiro atoms. The lowest BCUT2D eigenvalue weighted by molar-refractivity contribution is 0.318. The van der Waals surface area contributed by atoms with Gasteiger partial charge in [0.1, 0.15) is 0 Å². The lowest BCUT2D eigenvalue weighted by atomic mass is 10.2. The van der Waals surface area contributed by atoms with E-state index in [-0.39, 0.29) is 5.84 Å². The van der Waals surface area contributed by atoms with Gasteiger partial charge in [-0.1, -0.05) is 36.5 Å². The Morgan fingerprint density at radius 2 is 2.24 bits per heavy atom. The molecular weight excluding hydrogens is 256 g/mol. The maximum atomic E-state index is 8.71. The van der Waals surface area contributed by atoms with Gasteiger partial charge >= 0.3 is 0 Å². The normalized spacial score (nSPS) is 11.8. The molecule has 3 nitrogen and oxygen atoms in total. The van der Waals surface area contributed by atoms with E-state index in [1.165, 1.54) is 12.8 Å². The van der Waals surface area contributed by atoms with Crippen LogP contribution in [0.3, 0.4) is 0 Å². The van der Waals surface area contributed by atoms with Crippen LogP contribution in [0, 0.1) is 0 Å². The van der Waals surface area contributed by atoms with Crippen LogP contribution in [-0.2, 0) is 0 Å². The van der Waals surface area contributed by atoms with Crippen molar-refractivity contribution in [2.45, 2.75) is 31.1 Å². The Labute approximate surface area is 111 Å². The molecule has 3 N–H and O–H groups in total. The van der Waals surface area contributed by atoms with E-state index >= 15 is 0 Å². The monoisotopic (exact) mass is 272 g/mol.